The van der Waals surface area contributed by atoms with E-state index in [1.54, 1.807) is 9.80 Å². The molecule has 0 bridgehead atoms. The van der Waals surface area contributed by atoms with Crippen molar-refractivity contribution in [3.05, 3.63) is 0 Å². The molecule has 0 aromatic heterocycles. The zero-order valence-corrected chi connectivity index (χ0v) is 13.5. The quantitative estimate of drug-likeness (QED) is 0.794. The second kappa shape index (κ2) is 7.07. The summed E-state index contributed by atoms with van der Waals surface area (Å²) in [5.41, 5.74) is 0.0773. The lowest BCUT2D eigenvalue weighted by atomic mass is 10.1. The van der Waals surface area contributed by atoms with E-state index < -0.39 is 0 Å². The van der Waals surface area contributed by atoms with Gasteiger partial charge in [0, 0.05) is 18.6 Å². The minimum absolute atomic E-state index is 0.0701. The van der Waals surface area contributed by atoms with Crippen LogP contribution in [0.3, 0.4) is 0 Å². The average molecular weight is 283 g/mol. The summed E-state index contributed by atoms with van der Waals surface area (Å²) in [5, 5.41) is 3.43. The Labute approximate surface area is 122 Å². The third-order valence-electron chi connectivity index (χ3n) is 3.36. The fraction of sp³-hybridized carbons (Fsp3) is 0.867. The van der Waals surface area contributed by atoms with Gasteiger partial charge in [-0.2, -0.15) is 0 Å². The van der Waals surface area contributed by atoms with E-state index in [4.69, 9.17) is 0 Å². The second-order valence-corrected chi connectivity index (χ2v) is 6.83. The highest BCUT2D eigenvalue weighted by Gasteiger charge is 2.30. The molecule has 20 heavy (non-hydrogen) atoms. The summed E-state index contributed by atoms with van der Waals surface area (Å²) in [7, 11) is 0. The van der Waals surface area contributed by atoms with Crippen LogP contribution in [0.25, 0.3) is 0 Å². The van der Waals surface area contributed by atoms with Crippen LogP contribution in [0.5, 0.6) is 0 Å². The topological polar surface area (TPSA) is 52.7 Å². The lowest BCUT2D eigenvalue weighted by Gasteiger charge is -2.35. The summed E-state index contributed by atoms with van der Waals surface area (Å²) in [4.78, 5) is 27.4. The van der Waals surface area contributed by atoms with Crippen molar-refractivity contribution in [2.45, 2.75) is 46.6 Å². The van der Waals surface area contributed by atoms with Gasteiger partial charge in [0.2, 0.25) is 11.8 Å². The van der Waals surface area contributed by atoms with Crippen molar-refractivity contribution in [2.24, 2.45) is 5.92 Å². The van der Waals surface area contributed by atoms with Crippen LogP contribution in [0, 0.1) is 5.92 Å². The van der Waals surface area contributed by atoms with E-state index in [1.807, 2.05) is 6.92 Å². The maximum Gasteiger partial charge on any atom is 0.242 e. The molecule has 1 fully saturated rings. The minimum atomic E-state index is 0.0701. The highest BCUT2D eigenvalue weighted by Crippen LogP contribution is 2.09. The Bertz CT molecular complexity index is 350. The van der Waals surface area contributed by atoms with E-state index in [0.717, 1.165) is 13.0 Å². The van der Waals surface area contributed by atoms with Crippen molar-refractivity contribution in [2.75, 3.05) is 32.7 Å². The van der Waals surface area contributed by atoms with Crippen LogP contribution < -0.4 is 5.32 Å². The molecule has 0 spiro atoms. The molecule has 0 radical (unpaired) electrons. The average Bonchev–Trinajstić information content (AvgIpc) is 2.32. The molecule has 1 unspecified atom stereocenters. The van der Waals surface area contributed by atoms with Crippen LogP contribution in [-0.2, 0) is 9.59 Å². The molecule has 0 aromatic rings. The third kappa shape index (κ3) is 5.49. The Hall–Kier alpha value is -1.10. The van der Waals surface area contributed by atoms with Crippen molar-refractivity contribution in [1.82, 2.24) is 15.1 Å². The minimum Gasteiger partial charge on any atom is -0.332 e. The molecule has 1 saturated heterocycles. The molecule has 1 aliphatic rings. The molecule has 5 heteroatoms. The van der Waals surface area contributed by atoms with Crippen LogP contribution in [0.2, 0.25) is 0 Å². The molecule has 116 valence electrons. The molecule has 1 heterocycles. The third-order valence-corrected chi connectivity index (χ3v) is 3.36. The monoisotopic (exact) mass is 283 g/mol. The van der Waals surface area contributed by atoms with Gasteiger partial charge in [0.15, 0.2) is 0 Å². The highest BCUT2D eigenvalue weighted by molar-refractivity contribution is 5.92. The van der Waals surface area contributed by atoms with E-state index in [1.165, 1.54) is 0 Å². The number of carbonyl (C=O) groups excluding carboxylic acids is 2. The fourth-order valence-electron chi connectivity index (χ4n) is 2.26. The molecule has 2 amide bonds. The van der Waals surface area contributed by atoms with Crippen LogP contribution in [0.4, 0.5) is 0 Å². The molecule has 1 rings (SSSR count). The summed E-state index contributed by atoms with van der Waals surface area (Å²) < 4.78 is 0. The van der Waals surface area contributed by atoms with Crippen LogP contribution in [-0.4, -0.2) is 59.9 Å². The van der Waals surface area contributed by atoms with Gasteiger partial charge in [0.25, 0.3) is 0 Å². The zero-order chi connectivity index (χ0) is 15.3. The number of hydrogen-bond acceptors (Lipinski definition) is 3. The van der Waals surface area contributed by atoms with E-state index in [-0.39, 0.29) is 30.4 Å². The number of rotatable bonds is 6. The number of carbonyl (C=O) groups is 2. The first kappa shape index (κ1) is 17.0. The predicted octanol–water partition coefficient (Wildman–Crippen LogP) is 1.09. The molecule has 1 atom stereocenters. The van der Waals surface area contributed by atoms with Gasteiger partial charge in [-0.05, 0) is 39.7 Å². The molecule has 0 aliphatic carbocycles. The largest absolute Gasteiger partial charge is 0.332 e. The van der Waals surface area contributed by atoms with E-state index >= 15 is 0 Å². The Morgan fingerprint density at radius 2 is 1.70 bits per heavy atom. The van der Waals surface area contributed by atoms with Crippen molar-refractivity contribution < 1.29 is 9.59 Å². The highest BCUT2D eigenvalue weighted by atomic mass is 16.2. The summed E-state index contributed by atoms with van der Waals surface area (Å²) in [5.74, 6) is 0.479. The van der Waals surface area contributed by atoms with Gasteiger partial charge < -0.3 is 15.1 Å². The van der Waals surface area contributed by atoms with Crippen molar-refractivity contribution in [3.63, 3.8) is 0 Å². The Morgan fingerprint density at radius 1 is 1.15 bits per heavy atom. The number of amides is 2. The van der Waals surface area contributed by atoms with Crippen LogP contribution in [0.1, 0.15) is 41.0 Å². The first-order chi connectivity index (χ1) is 9.23. The summed E-state index contributed by atoms with van der Waals surface area (Å²) >= 11 is 0. The molecular weight excluding hydrogens is 254 g/mol. The van der Waals surface area contributed by atoms with Gasteiger partial charge >= 0.3 is 0 Å². The van der Waals surface area contributed by atoms with Crippen molar-refractivity contribution in [3.8, 4) is 0 Å². The van der Waals surface area contributed by atoms with Gasteiger partial charge in [-0.3, -0.25) is 9.59 Å². The SMILES string of the molecule is CCCN1CC(=O)N(CC(C)CNC(C)(C)C)CC1=O. The van der Waals surface area contributed by atoms with Gasteiger partial charge in [0.05, 0.1) is 13.1 Å². The normalized spacial score (nSPS) is 18.6. The van der Waals surface area contributed by atoms with Gasteiger partial charge in [-0.25, -0.2) is 0 Å². The van der Waals surface area contributed by atoms with Crippen LogP contribution in [0.15, 0.2) is 0 Å². The Morgan fingerprint density at radius 3 is 2.25 bits per heavy atom. The zero-order valence-electron chi connectivity index (χ0n) is 13.5. The molecule has 0 aromatic carbocycles. The first-order valence-electron chi connectivity index (χ1n) is 7.53. The Kier molecular flexibility index (Phi) is 5.99. The summed E-state index contributed by atoms with van der Waals surface area (Å²) in [6, 6.07) is 0. The molecule has 0 saturated carbocycles. The molecule has 5 nitrogen and oxygen atoms in total. The number of piperazine rings is 1. The molecule has 1 aliphatic heterocycles. The van der Waals surface area contributed by atoms with Crippen LogP contribution >= 0.6 is 0 Å². The van der Waals surface area contributed by atoms with Gasteiger partial charge in [-0.15, -0.1) is 0 Å². The van der Waals surface area contributed by atoms with E-state index in [2.05, 4.69) is 33.0 Å². The maximum absolute atomic E-state index is 12.1. The standard InChI is InChI=1S/C15H29N3O2/c1-6-7-17-10-14(20)18(11-13(17)19)9-12(2)8-16-15(3,4)5/h12,16H,6-11H2,1-5H3. The lowest BCUT2D eigenvalue weighted by Crippen LogP contribution is -2.55. The van der Waals surface area contributed by atoms with Gasteiger partial charge in [0.1, 0.15) is 0 Å². The summed E-state index contributed by atoms with van der Waals surface area (Å²) in [6.45, 7) is 13.1. The van der Waals surface area contributed by atoms with Crippen molar-refractivity contribution in [1.29, 1.82) is 0 Å². The predicted molar refractivity (Wildman–Crippen MR) is 80.4 cm³/mol. The van der Waals surface area contributed by atoms with E-state index in [9.17, 15) is 9.59 Å². The first-order valence-corrected chi connectivity index (χ1v) is 7.53. The summed E-state index contributed by atoms with van der Waals surface area (Å²) in [6.07, 6.45) is 0.894. The van der Waals surface area contributed by atoms with Gasteiger partial charge in [-0.1, -0.05) is 13.8 Å². The number of nitrogens with one attached hydrogen (secondary N) is 1. The Balaban J connectivity index is 2.44. The molecular formula is C15H29N3O2. The lowest BCUT2D eigenvalue weighted by molar-refractivity contribution is -0.150. The van der Waals surface area contributed by atoms with E-state index in [0.29, 0.717) is 19.0 Å². The smallest absolute Gasteiger partial charge is 0.242 e. The van der Waals surface area contributed by atoms with Crippen molar-refractivity contribution >= 4 is 11.8 Å². The number of hydrogen-bond donors (Lipinski definition) is 1. The fourth-order valence-corrected chi connectivity index (χ4v) is 2.26. The maximum atomic E-state index is 12.1. The second-order valence-electron chi connectivity index (χ2n) is 6.83. The molecule has 1 N–H and O–H groups in total. The number of nitrogens with zero attached hydrogens (tertiary/aromatic N) is 2.